The molecule has 0 saturated heterocycles. The Morgan fingerprint density at radius 2 is 1.61 bits per heavy atom. The van der Waals surface area contributed by atoms with Crippen molar-refractivity contribution in [3.05, 3.63) is 12.7 Å². The minimum Gasteiger partial charge on any atom is -0.459 e. The van der Waals surface area contributed by atoms with Crippen molar-refractivity contribution in [1.29, 1.82) is 0 Å². The average Bonchev–Trinajstić information content (AvgIpc) is 2.42. The molecule has 102 valence electrons. The van der Waals surface area contributed by atoms with E-state index in [1.165, 1.54) is 51.0 Å². The lowest BCUT2D eigenvalue weighted by atomic mass is 9.97. The Labute approximate surface area is 115 Å². The molecule has 0 radical (unpaired) electrons. The van der Waals surface area contributed by atoms with Crippen molar-refractivity contribution in [3.8, 4) is 0 Å². The van der Waals surface area contributed by atoms with E-state index in [-0.39, 0.29) is 12.1 Å². The molecule has 2 fully saturated rings. The lowest BCUT2D eigenvalue weighted by Crippen LogP contribution is -2.26. The van der Waals surface area contributed by atoms with E-state index in [2.05, 4.69) is 18.3 Å². The fourth-order valence-corrected chi connectivity index (χ4v) is 4.67. The van der Waals surface area contributed by atoms with E-state index < -0.39 is 0 Å². The van der Waals surface area contributed by atoms with Gasteiger partial charge in [0.1, 0.15) is 6.10 Å². The number of hydrogen-bond acceptors (Lipinski definition) is 3. The minimum atomic E-state index is -0.265. The van der Waals surface area contributed by atoms with E-state index in [0.29, 0.717) is 0 Å². The number of ether oxygens (including phenoxy) is 1. The fraction of sp³-hybridized carbons (Fsp3) is 0.800. The minimum absolute atomic E-state index is 0.138. The van der Waals surface area contributed by atoms with Crippen LogP contribution in [0.2, 0.25) is 0 Å². The van der Waals surface area contributed by atoms with Gasteiger partial charge in [-0.25, -0.2) is 4.79 Å². The van der Waals surface area contributed by atoms with Crippen molar-refractivity contribution in [1.82, 2.24) is 0 Å². The van der Waals surface area contributed by atoms with Crippen molar-refractivity contribution in [2.24, 2.45) is 0 Å². The molecule has 2 rings (SSSR count). The Balaban J connectivity index is 1.66. The molecule has 2 aliphatic rings. The van der Waals surface area contributed by atoms with Gasteiger partial charge in [0.25, 0.3) is 0 Å². The van der Waals surface area contributed by atoms with Gasteiger partial charge < -0.3 is 4.74 Å². The van der Waals surface area contributed by atoms with E-state index in [9.17, 15) is 4.79 Å². The van der Waals surface area contributed by atoms with Crippen LogP contribution in [0.4, 0.5) is 0 Å². The zero-order valence-corrected chi connectivity index (χ0v) is 11.9. The highest BCUT2D eigenvalue weighted by molar-refractivity contribution is 8.00. The van der Waals surface area contributed by atoms with Gasteiger partial charge in [-0.3, -0.25) is 0 Å². The van der Waals surface area contributed by atoms with Gasteiger partial charge in [-0.15, -0.1) is 0 Å². The van der Waals surface area contributed by atoms with Crippen LogP contribution in [0.15, 0.2) is 12.7 Å². The quantitative estimate of drug-likeness (QED) is 0.567. The molecule has 0 aromatic carbocycles. The molecule has 0 aromatic rings. The second kappa shape index (κ2) is 7.22. The lowest BCUT2D eigenvalue weighted by molar-refractivity contribution is -0.144. The summed E-state index contributed by atoms with van der Waals surface area (Å²) in [6.07, 6.45) is 13.0. The molecule has 18 heavy (non-hydrogen) atoms. The van der Waals surface area contributed by atoms with Gasteiger partial charge in [-0.1, -0.05) is 25.8 Å². The molecule has 0 atom stereocenters. The molecule has 2 nitrogen and oxygen atoms in total. The van der Waals surface area contributed by atoms with Gasteiger partial charge in [0.05, 0.1) is 0 Å². The van der Waals surface area contributed by atoms with E-state index >= 15 is 0 Å². The number of carbonyl (C=O) groups is 1. The molecule has 2 aliphatic carbocycles. The predicted octanol–water partition coefficient (Wildman–Crippen LogP) is 4.09. The highest BCUT2D eigenvalue weighted by Gasteiger charge is 2.26. The predicted molar refractivity (Wildman–Crippen MR) is 76.8 cm³/mol. The van der Waals surface area contributed by atoms with Gasteiger partial charge >= 0.3 is 5.97 Å². The maximum atomic E-state index is 11.1. The first-order valence-electron chi connectivity index (χ1n) is 7.26. The summed E-state index contributed by atoms with van der Waals surface area (Å²) in [5.41, 5.74) is 0. The topological polar surface area (TPSA) is 26.3 Å². The molecular weight excluding hydrogens is 244 g/mol. The van der Waals surface area contributed by atoms with Crippen LogP contribution < -0.4 is 0 Å². The molecule has 0 unspecified atom stereocenters. The average molecular weight is 268 g/mol. The molecule has 0 N–H and O–H groups in total. The first-order chi connectivity index (χ1) is 8.78. The van der Waals surface area contributed by atoms with Crippen LogP contribution >= 0.6 is 11.8 Å². The Kier molecular flexibility index (Phi) is 5.61. The van der Waals surface area contributed by atoms with Crippen molar-refractivity contribution < 1.29 is 9.53 Å². The molecule has 0 spiro atoms. The molecule has 3 heteroatoms. The van der Waals surface area contributed by atoms with Gasteiger partial charge in [-0.05, 0) is 38.5 Å². The Hall–Kier alpha value is -0.440. The zero-order chi connectivity index (χ0) is 12.8. The first kappa shape index (κ1) is 14.0. The summed E-state index contributed by atoms with van der Waals surface area (Å²) in [5, 5.41) is 1.70. The van der Waals surface area contributed by atoms with Crippen LogP contribution in [-0.4, -0.2) is 22.6 Å². The molecule has 0 amide bonds. The van der Waals surface area contributed by atoms with Crippen molar-refractivity contribution >= 4 is 17.7 Å². The Morgan fingerprint density at radius 1 is 1.00 bits per heavy atom. The highest BCUT2D eigenvalue weighted by atomic mass is 32.2. The number of esters is 1. The fourth-order valence-electron chi connectivity index (χ4n) is 2.97. The third kappa shape index (κ3) is 4.34. The third-order valence-corrected chi connectivity index (χ3v) is 5.72. The smallest absolute Gasteiger partial charge is 0.330 e. The van der Waals surface area contributed by atoms with Crippen LogP contribution in [0.5, 0.6) is 0 Å². The van der Waals surface area contributed by atoms with Crippen LogP contribution in [0.25, 0.3) is 0 Å². The molecule has 0 aliphatic heterocycles. The van der Waals surface area contributed by atoms with E-state index in [1.54, 1.807) is 0 Å². The van der Waals surface area contributed by atoms with Crippen LogP contribution in [0.3, 0.4) is 0 Å². The van der Waals surface area contributed by atoms with E-state index in [1.807, 2.05) is 0 Å². The largest absolute Gasteiger partial charge is 0.459 e. The number of carbonyl (C=O) groups excluding carboxylic acids is 1. The van der Waals surface area contributed by atoms with Crippen molar-refractivity contribution in [2.45, 2.75) is 74.4 Å². The van der Waals surface area contributed by atoms with Crippen LogP contribution in [0.1, 0.15) is 57.8 Å². The SMILES string of the molecule is C=CC(=O)OC1CCC(SC2CCCCC2)CC1. The Bertz CT molecular complexity index is 276. The molecule has 0 bridgehead atoms. The normalized spacial score (nSPS) is 29.8. The number of thioether (sulfide) groups is 1. The lowest BCUT2D eigenvalue weighted by Gasteiger charge is -2.31. The summed E-state index contributed by atoms with van der Waals surface area (Å²) >= 11 is 2.21. The maximum Gasteiger partial charge on any atom is 0.330 e. The molecular formula is C15H24O2S. The first-order valence-corrected chi connectivity index (χ1v) is 8.20. The van der Waals surface area contributed by atoms with Gasteiger partial charge in [0.2, 0.25) is 0 Å². The number of hydrogen-bond donors (Lipinski definition) is 0. The van der Waals surface area contributed by atoms with E-state index in [4.69, 9.17) is 4.74 Å². The van der Waals surface area contributed by atoms with Crippen molar-refractivity contribution in [2.75, 3.05) is 0 Å². The summed E-state index contributed by atoms with van der Waals surface area (Å²) in [6, 6.07) is 0. The third-order valence-electron chi connectivity index (χ3n) is 4.01. The summed E-state index contributed by atoms with van der Waals surface area (Å²) in [6.45, 7) is 3.44. The maximum absolute atomic E-state index is 11.1. The second-order valence-corrected chi connectivity index (χ2v) is 7.04. The van der Waals surface area contributed by atoms with Gasteiger partial charge in [0, 0.05) is 16.6 Å². The summed E-state index contributed by atoms with van der Waals surface area (Å²) < 4.78 is 5.31. The molecule has 0 heterocycles. The highest BCUT2D eigenvalue weighted by Crippen LogP contribution is 2.37. The monoisotopic (exact) mass is 268 g/mol. The van der Waals surface area contributed by atoms with Gasteiger partial charge in [0.15, 0.2) is 0 Å². The summed E-state index contributed by atoms with van der Waals surface area (Å²) in [5.74, 6) is -0.265. The van der Waals surface area contributed by atoms with Crippen LogP contribution in [0, 0.1) is 0 Å². The summed E-state index contributed by atoms with van der Waals surface area (Å²) in [4.78, 5) is 11.1. The zero-order valence-electron chi connectivity index (χ0n) is 11.1. The molecule has 2 saturated carbocycles. The van der Waals surface area contributed by atoms with Crippen LogP contribution in [-0.2, 0) is 9.53 Å². The molecule has 0 aromatic heterocycles. The number of rotatable bonds is 4. The van der Waals surface area contributed by atoms with E-state index in [0.717, 1.165) is 23.3 Å². The van der Waals surface area contributed by atoms with Crippen molar-refractivity contribution in [3.63, 3.8) is 0 Å². The summed E-state index contributed by atoms with van der Waals surface area (Å²) in [7, 11) is 0. The van der Waals surface area contributed by atoms with Gasteiger partial charge in [-0.2, -0.15) is 11.8 Å². The standard InChI is InChI=1S/C15H24O2S/c1-2-15(16)17-12-8-10-14(11-9-12)18-13-6-4-3-5-7-13/h2,12-14H,1,3-11H2. The Morgan fingerprint density at radius 3 is 2.22 bits per heavy atom. The second-order valence-electron chi connectivity index (χ2n) is 5.44.